The van der Waals surface area contributed by atoms with E-state index in [0.29, 0.717) is 6.54 Å². The topological polar surface area (TPSA) is 68.4 Å². The van der Waals surface area contributed by atoms with E-state index in [-0.39, 0.29) is 23.1 Å². The summed E-state index contributed by atoms with van der Waals surface area (Å²) in [7, 11) is 0. The van der Waals surface area contributed by atoms with E-state index in [0.717, 1.165) is 29.8 Å². The van der Waals surface area contributed by atoms with Crippen molar-refractivity contribution < 1.29 is 9.72 Å². The molecule has 0 N–H and O–H groups in total. The van der Waals surface area contributed by atoms with Crippen molar-refractivity contribution in [2.75, 3.05) is 6.54 Å². The highest BCUT2D eigenvalue weighted by atomic mass is 16.6. The first kappa shape index (κ1) is 22.5. The van der Waals surface area contributed by atoms with Gasteiger partial charge in [0.05, 0.1) is 11.0 Å². The second-order valence-electron chi connectivity index (χ2n) is 9.47. The molecule has 1 amide bonds. The minimum atomic E-state index is -0.430. The predicted octanol–water partition coefficient (Wildman–Crippen LogP) is 5.73. The van der Waals surface area contributed by atoms with Crippen LogP contribution in [0.3, 0.4) is 0 Å². The first-order valence-corrected chi connectivity index (χ1v) is 11.2. The lowest BCUT2D eigenvalue weighted by atomic mass is 9.86. The number of non-ortho nitro benzene ring substituents is 1. The number of hydrogen-bond donors (Lipinski definition) is 0. The van der Waals surface area contributed by atoms with E-state index in [9.17, 15) is 14.9 Å². The van der Waals surface area contributed by atoms with Crippen LogP contribution < -0.4 is 0 Å². The molecule has 0 saturated carbocycles. The smallest absolute Gasteiger partial charge is 0.269 e. The summed E-state index contributed by atoms with van der Waals surface area (Å²) in [5, 5.41) is 10.9. The molecule has 170 valence electrons. The van der Waals surface area contributed by atoms with Crippen molar-refractivity contribution in [1.29, 1.82) is 0 Å². The molecule has 0 saturated heterocycles. The number of benzene rings is 2. The summed E-state index contributed by atoms with van der Waals surface area (Å²) in [5.74, 6) is -0.0760. The normalized spacial score (nSPS) is 16.5. The lowest BCUT2D eigenvalue weighted by Gasteiger charge is -2.30. The highest BCUT2D eigenvalue weighted by molar-refractivity contribution is 5.92. The van der Waals surface area contributed by atoms with Crippen molar-refractivity contribution in [3.63, 3.8) is 0 Å². The van der Waals surface area contributed by atoms with Gasteiger partial charge in [-0.25, -0.2) is 0 Å². The Morgan fingerprint density at radius 2 is 1.73 bits per heavy atom. The van der Waals surface area contributed by atoms with Gasteiger partial charge in [0.2, 0.25) is 5.91 Å². The Hall–Kier alpha value is -3.67. The Morgan fingerprint density at radius 1 is 1.03 bits per heavy atom. The molecular formula is C27H29N3O3. The van der Waals surface area contributed by atoms with Crippen molar-refractivity contribution in [3.8, 4) is 0 Å². The van der Waals surface area contributed by atoms with Crippen molar-refractivity contribution in [2.24, 2.45) is 0 Å². The molecule has 0 radical (unpaired) electrons. The first-order chi connectivity index (χ1) is 15.7. The molecule has 2 heterocycles. The second-order valence-corrected chi connectivity index (χ2v) is 9.47. The average Bonchev–Trinajstić information content (AvgIpc) is 3.17. The monoisotopic (exact) mass is 443 g/mol. The number of rotatable bonds is 4. The number of nitro benzene ring substituents is 1. The summed E-state index contributed by atoms with van der Waals surface area (Å²) >= 11 is 0. The molecule has 0 spiro atoms. The van der Waals surface area contributed by atoms with Crippen LogP contribution in [-0.2, 0) is 16.8 Å². The quantitative estimate of drug-likeness (QED) is 0.294. The molecule has 1 aromatic heterocycles. The largest absolute Gasteiger partial charge is 0.349 e. The fraction of sp³-hybridized carbons (Fsp3) is 0.296. The minimum Gasteiger partial charge on any atom is -0.349 e. The van der Waals surface area contributed by atoms with Gasteiger partial charge in [0.1, 0.15) is 0 Å². The Morgan fingerprint density at radius 3 is 2.36 bits per heavy atom. The Kier molecular flexibility index (Phi) is 6.18. The summed E-state index contributed by atoms with van der Waals surface area (Å²) < 4.78 is 2.23. The summed E-state index contributed by atoms with van der Waals surface area (Å²) in [6.45, 7) is 8.10. The molecular weight excluding hydrogens is 414 g/mol. The van der Waals surface area contributed by atoms with Gasteiger partial charge in [-0.1, -0.05) is 45.0 Å². The van der Waals surface area contributed by atoms with Gasteiger partial charge in [0.15, 0.2) is 0 Å². The number of aromatic nitrogens is 1. The van der Waals surface area contributed by atoms with E-state index in [1.165, 1.54) is 17.7 Å². The number of amides is 1. The third-order valence-electron chi connectivity index (χ3n) is 6.15. The Labute approximate surface area is 194 Å². The fourth-order valence-electron chi connectivity index (χ4n) is 4.30. The molecule has 1 aliphatic rings. The summed E-state index contributed by atoms with van der Waals surface area (Å²) in [5.41, 5.74) is 4.29. The van der Waals surface area contributed by atoms with Gasteiger partial charge in [-0.2, -0.15) is 0 Å². The molecule has 1 aliphatic heterocycles. The molecule has 4 rings (SSSR count). The van der Waals surface area contributed by atoms with Gasteiger partial charge in [-0.15, -0.1) is 0 Å². The molecule has 6 nitrogen and oxygen atoms in total. The highest BCUT2D eigenvalue weighted by Crippen LogP contribution is 2.33. The fourth-order valence-corrected chi connectivity index (χ4v) is 4.30. The standard InChI is InChI=1S/C27H29N3O3/c1-27(2,3)22-12-10-21(11-13-22)26-24-6-4-17-28(24)18-5-19-29(26)25(31)16-9-20-7-14-23(15-8-20)30(32)33/h4,6-17,26H,5,18-19H2,1-3H3/b16-9+. The summed E-state index contributed by atoms with van der Waals surface area (Å²) in [6, 6.07) is 18.7. The van der Waals surface area contributed by atoms with Gasteiger partial charge in [0.25, 0.3) is 5.69 Å². The highest BCUT2D eigenvalue weighted by Gasteiger charge is 2.30. The van der Waals surface area contributed by atoms with Gasteiger partial charge in [-0.3, -0.25) is 14.9 Å². The van der Waals surface area contributed by atoms with Crippen LogP contribution in [0.4, 0.5) is 5.69 Å². The zero-order valence-electron chi connectivity index (χ0n) is 19.3. The number of carbonyl (C=O) groups is 1. The first-order valence-electron chi connectivity index (χ1n) is 11.2. The number of aryl methyl sites for hydroxylation is 1. The van der Waals surface area contributed by atoms with Crippen LogP contribution >= 0.6 is 0 Å². The van der Waals surface area contributed by atoms with Gasteiger partial charge in [0, 0.05) is 43.2 Å². The SMILES string of the molecule is CC(C)(C)c1ccc(C2c3cccn3CCCN2C(=O)/C=C/c2ccc([N+](=O)[O-])cc2)cc1. The van der Waals surface area contributed by atoms with Gasteiger partial charge < -0.3 is 9.47 Å². The van der Waals surface area contributed by atoms with Gasteiger partial charge in [-0.05, 0) is 58.9 Å². The molecule has 1 unspecified atom stereocenters. The van der Waals surface area contributed by atoms with Crippen LogP contribution in [0.1, 0.15) is 55.6 Å². The van der Waals surface area contributed by atoms with Gasteiger partial charge >= 0.3 is 0 Å². The van der Waals surface area contributed by atoms with E-state index in [1.807, 2.05) is 11.0 Å². The molecule has 6 heteroatoms. The summed E-state index contributed by atoms with van der Waals surface area (Å²) in [4.78, 5) is 25.7. The van der Waals surface area contributed by atoms with Crippen LogP contribution in [0.15, 0.2) is 72.9 Å². The van der Waals surface area contributed by atoms with Crippen molar-refractivity contribution in [1.82, 2.24) is 9.47 Å². The molecule has 0 aliphatic carbocycles. The maximum Gasteiger partial charge on any atom is 0.269 e. The second kappa shape index (κ2) is 9.06. The number of hydrogen-bond acceptors (Lipinski definition) is 3. The molecule has 1 atom stereocenters. The Balaban J connectivity index is 1.65. The van der Waals surface area contributed by atoms with Crippen LogP contribution in [0, 0.1) is 10.1 Å². The number of carbonyl (C=O) groups excluding carboxylic acids is 1. The lowest BCUT2D eigenvalue weighted by Crippen LogP contribution is -2.34. The van der Waals surface area contributed by atoms with E-state index >= 15 is 0 Å². The maximum absolute atomic E-state index is 13.4. The third kappa shape index (κ3) is 4.90. The van der Waals surface area contributed by atoms with Crippen LogP contribution in [0.2, 0.25) is 0 Å². The average molecular weight is 444 g/mol. The molecule has 0 fully saturated rings. The van der Waals surface area contributed by atoms with Crippen LogP contribution in [0.5, 0.6) is 0 Å². The van der Waals surface area contributed by atoms with Crippen LogP contribution in [0.25, 0.3) is 6.08 Å². The van der Waals surface area contributed by atoms with Crippen molar-refractivity contribution in [2.45, 2.75) is 45.2 Å². The van der Waals surface area contributed by atoms with E-state index < -0.39 is 4.92 Å². The molecule has 3 aromatic rings. The van der Waals surface area contributed by atoms with E-state index in [1.54, 1.807) is 24.3 Å². The van der Waals surface area contributed by atoms with E-state index in [4.69, 9.17) is 0 Å². The zero-order valence-corrected chi connectivity index (χ0v) is 19.3. The minimum absolute atomic E-state index is 0.0329. The van der Waals surface area contributed by atoms with E-state index in [2.05, 4.69) is 61.9 Å². The van der Waals surface area contributed by atoms with Crippen molar-refractivity contribution in [3.05, 3.63) is 105 Å². The number of nitrogens with zero attached hydrogens (tertiary/aromatic N) is 3. The maximum atomic E-state index is 13.4. The van der Waals surface area contributed by atoms with Crippen molar-refractivity contribution >= 4 is 17.7 Å². The Bertz CT molecular complexity index is 1170. The molecule has 2 aromatic carbocycles. The summed E-state index contributed by atoms with van der Waals surface area (Å²) in [6.07, 6.45) is 6.23. The predicted molar refractivity (Wildman–Crippen MR) is 130 cm³/mol. The number of nitro groups is 1. The third-order valence-corrected chi connectivity index (χ3v) is 6.15. The zero-order chi connectivity index (χ0) is 23.6. The molecule has 0 bridgehead atoms. The molecule has 33 heavy (non-hydrogen) atoms. The number of fused-ring (bicyclic) bond motifs is 1. The lowest BCUT2D eigenvalue weighted by molar-refractivity contribution is -0.384. The van der Waals surface area contributed by atoms with Crippen LogP contribution in [-0.4, -0.2) is 26.8 Å².